The van der Waals surface area contributed by atoms with Crippen LogP contribution in [-0.2, 0) is 4.79 Å². The summed E-state index contributed by atoms with van der Waals surface area (Å²) in [7, 11) is 0. The molecule has 0 aromatic heterocycles. The van der Waals surface area contributed by atoms with Crippen LogP contribution < -0.4 is 5.32 Å². The summed E-state index contributed by atoms with van der Waals surface area (Å²) >= 11 is 0. The van der Waals surface area contributed by atoms with Crippen LogP contribution in [0.1, 0.15) is 32.1 Å². The average molecular weight is 195 g/mol. The Hall–Kier alpha value is -0.830. The Morgan fingerprint density at radius 2 is 2.07 bits per heavy atom. The number of rotatable bonds is 3. The number of aliphatic hydroxyl groups is 1. The van der Waals surface area contributed by atoms with E-state index < -0.39 is 5.60 Å². The number of hydrogen-bond acceptors (Lipinski definition) is 2. The van der Waals surface area contributed by atoms with Crippen molar-refractivity contribution in [1.82, 2.24) is 5.32 Å². The van der Waals surface area contributed by atoms with Gasteiger partial charge in [0.1, 0.15) is 0 Å². The van der Waals surface area contributed by atoms with E-state index in [9.17, 15) is 9.90 Å². The quantitative estimate of drug-likeness (QED) is 0.660. The molecule has 0 aromatic carbocycles. The van der Waals surface area contributed by atoms with E-state index in [1.807, 2.05) is 12.2 Å². The number of hydrogen-bond donors (Lipinski definition) is 2. The van der Waals surface area contributed by atoms with Crippen molar-refractivity contribution < 1.29 is 9.90 Å². The lowest BCUT2D eigenvalue weighted by Crippen LogP contribution is -2.48. The van der Waals surface area contributed by atoms with Crippen LogP contribution in [0, 0.1) is 5.92 Å². The maximum atomic E-state index is 11.6. The summed E-state index contributed by atoms with van der Waals surface area (Å²) < 4.78 is 0. The van der Waals surface area contributed by atoms with Gasteiger partial charge in [-0.2, -0.15) is 0 Å². The van der Waals surface area contributed by atoms with Crippen LogP contribution >= 0.6 is 0 Å². The maximum Gasteiger partial charge on any atom is 0.223 e. The minimum atomic E-state index is -0.596. The molecule has 0 radical (unpaired) electrons. The van der Waals surface area contributed by atoms with Crippen molar-refractivity contribution in [1.29, 1.82) is 0 Å². The molecule has 2 aliphatic rings. The van der Waals surface area contributed by atoms with Gasteiger partial charge < -0.3 is 10.4 Å². The molecule has 0 heterocycles. The molecular formula is C11H17NO2. The van der Waals surface area contributed by atoms with Gasteiger partial charge in [-0.25, -0.2) is 0 Å². The molecule has 14 heavy (non-hydrogen) atoms. The van der Waals surface area contributed by atoms with Crippen molar-refractivity contribution in [2.45, 2.75) is 37.7 Å². The molecule has 78 valence electrons. The van der Waals surface area contributed by atoms with E-state index in [-0.39, 0.29) is 11.8 Å². The van der Waals surface area contributed by atoms with E-state index in [0.29, 0.717) is 6.54 Å². The smallest absolute Gasteiger partial charge is 0.223 e. The van der Waals surface area contributed by atoms with Crippen LogP contribution in [0.4, 0.5) is 0 Å². The molecule has 0 bridgehead atoms. The summed E-state index contributed by atoms with van der Waals surface area (Å²) in [6, 6.07) is 0. The fourth-order valence-corrected chi connectivity index (χ4v) is 1.99. The third kappa shape index (κ3) is 1.98. The normalized spacial score (nSPS) is 24.6. The number of allylic oxidation sites excluding steroid dienone is 2. The molecule has 0 spiro atoms. The second-order valence-corrected chi connectivity index (χ2v) is 4.44. The summed E-state index contributed by atoms with van der Waals surface area (Å²) in [5.41, 5.74) is -0.596. The number of nitrogens with one attached hydrogen (secondary N) is 1. The lowest BCUT2D eigenvalue weighted by molar-refractivity contribution is -0.127. The van der Waals surface area contributed by atoms with E-state index in [1.54, 1.807) is 0 Å². The number of carbonyl (C=O) groups is 1. The zero-order valence-corrected chi connectivity index (χ0v) is 8.33. The molecule has 2 N–H and O–H groups in total. The van der Waals surface area contributed by atoms with E-state index in [4.69, 9.17) is 0 Å². The Balaban J connectivity index is 1.72. The summed E-state index contributed by atoms with van der Waals surface area (Å²) in [4.78, 5) is 11.6. The van der Waals surface area contributed by atoms with E-state index in [2.05, 4.69) is 5.32 Å². The van der Waals surface area contributed by atoms with Gasteiger partial charge in [0.05, 0.1) is 5.60 Å². The highest BCUT2D eigenvalue weighted by Gasteiger charge is 2.35. The molecule has 3 nitrogen and oxygen atoms in total. The summed E-state index contributed by atoms with van der Waals surface area (Å²) in [5, 5.41) is 12.6. The SMILES string of the molecule is O=C(NCC1(O)CCC1)C1CC=CC1. The zero-order valence-electron chi connectivity index (χ0n) is 8.33. The molecule has 1 saturated carbocycles. The first-order valence-corrected chi connectivity index (χ1v) is 5.35. The summed E-state index contributed by atoms with van der Waals surface area (Å²) in [5.74, 6) is 0.203. The maximum absolute atomic E-state index is 11.6. The van der Waals surface area contributed by atoms with Crippen molar-refractivity contribution in [2.75, 3.05) is 6.54 Å². The van der Waals surface area contributed by atoms with Gasteiger partial charge in [-0.15, -0.1) is 0 Å². The van der Waals surface area contributed by atoms with Gasteiger partial charge in [0, 0.05) is 12.5 Å². The van der Waals surface area contributed by atoms with Crippen LogP contribution in [0.3, 0.4) is 0 Å². The molecule has 2 rings (SSSR count). The molecule has 0 aromatic rings. The molecule has 0 unspecified atom stereocenters. The molecule has 2 aliphatic carbocycles. The fourth-order valence-electron chi connectivity index (χ4n) is 1.99. The molecule has 3 heteroatoms. The Kier molecular flexibility index (Phi) is 2.59. The second-order valence-electron chi connectivity index (χ2n) is 4.44. The van der Waals surface area contributed by atoms with Gasteiger partial charge >= 0.3 is 0 Å². The first kappa shape index (κ1) is 9.71. The lowest BCUT2D eigenvalue weighted by atomic mass is 9.80. The highest BCUT2D eigenvalue weighted by atomic mass is 16.3. The first-order valence-electron chi connectivity index (χ1n) is 5.35. The highest BCUT2D eigenvalue weighted by Crippen LogP contribution is 2.30. The summed E-state index contributed by atoms with van der Waals surface area (Å²) in [6.07, 6.45) is 8.53. The molecule has 0 atom stereocenters. The van der Waals surface area contributed by atoms with Crippen molar-refractivity contribution in [3.8, 4) is 0 Å². The average Bonchev–Trinajstić information content (AvgIpc) is 2.63. The predicted molar refractivity (Wildman–Crippen MR) is 53.7 cm³/mol. The third-order valence-electron chi connectivity index (χ3n) is 3.25. The van der Waals surface area contributed by atoms with Gasteiger partial charge in [-0.3, -0.25) is 4.79 Å². The third-order valence-corrected chi connectivity index (χ3v) is 3.25. The fraction of sp³-hybridized carbons (Fsp3) is 0.727. The molecule has 0 aliphatic heterocycles. The van der Waals surface area contributed by atoms with E-state index in [0.717, 1.165) is 32.1 Å². The monoisotopic (exact) mass is 195 g/mol. The van der Waals surface area contributed by atoms with Gasteiger partial charge in [0.25, 0.3) is 0 Å². The molecular weight excluding hydrogens is 178 g/mol. The topological polar surface area (TPSA) is 49.3 Å². The van der Waals surface area contributed by atoms with Crippen LogP contribution in [0.2, 0.25) is 0 Å². The van der Waals surface area contributed by atoms with Crippen LogP contribution in [0.25, 0.3) is 0 Å². The van der Waals surface area contributed by atoms with Crippen molar-refractivity contribution >= 4 is 5.91 Å². The predicted octanol–water partition coefficient (Wildman–Crippen LogP) is 0.984. The Labute approximate surface area is 84.2 Å². The Bertz CT molecular complexity index is 248. The number of carbonyl (C=O) groups excluding carboxylic acids is 1. The second kappa shape index (κ2) is 3.73. The first-order chi connectivity index (χ1) is 6.70. The van der Waals surface area contributed by atoms with Gasteiger partial charge in [-0.05, 0) is 32.1 Å². The van der Waals surface area contributed by atoms with Gasteiger partial charge in [0.15, 0.2) is 0 Å². The van der Waals surface area contributed by atoms with E-state index in [1.165, 1.54) is 0 Å². The molecule has 0 saturated heterocycles. The Morgan fingerprint density at radius 1 is 1.43 bits per heavy atom. The largest absolute Gasteiger partial charge is 0.388 e. The van der Waals surface area contributed by atoms with Gasteiger partial charge in [0.2, 0.25) is 5.91 Å². The van der Waals surface area contributed by atoms with Crippen LogP contribution in [0.5, 0.6) is 0 Å². The minimum Gasteiger partial charge on any atom is -0.388 e. The standard InChI is InChI=1S/C11H17NO2/c13-10(9-4-1-2-5-9)12-8-11(14)6-3-7-11/h1-2,9,14H,3-8H2,(H,12,13). The minimum absolute atomic E-state index is 0.0929. The lowest BCUT2D eigenvalue weighted by Gasteiger charge is -2.36. The highest BCUT2D eigenvalue weighted by molar-refractivity contribution is 5.79. The molecule has 1 amide bonds. The summed E-state index contributed by atoms with van der Waals surface area (Å²) in [6.45, 7) is 0.433. The van der Waals surface area contributed by atoms with Crippen molar-refractivity contribution in [3.05, 3.63) is 12.2 Å². The van der Waals surface area contributed by atoms with Crippen molar-refractivity contribution in [3.63, 3.8) is 0 Å². The molecule has 1 fully saturated rings. The van der Waals surface area contributed by atoms with Crippen molar-refractivity contribution in [2.24, 2.45) is 5.92 Å². The Morgan fingerprint density at radius 3 is 2.57 bits per heavy atom. The van der Waals surface area contributed by atoms with Crippen LogP contribution in [0.15, 0.2) is 12.2 Å². The zero-order chi connectivity index (χ0) is 10.0. The number of amides is 1. The van der Waals surface area contributed by atoms with Crippen LogP contribution in [-0.4, -0.2) is 23.2 Å². The van der Waals surface area contributed by atoms with E-state index >= 15 is 0 Å². The van der Waals surface area contributed by atoms with Gasteiger partial charge in [-0.1, -0.05) is 12.2 Å².